The number of para-hydroxylation sites is 1. The van der Waals surface area contributed by atoms with Crippen LogP contribution in [0.1, 0.15) is 31.5 Å². The summed E-state index contributed by atoms with van der Waals surface area (Å²) in [5.41, 5.74) is -3.91. The van der Waals surface area contributed by atoms with Gasteiger partial charge < -0.3 is 4.42 Å². The zero-order valence-electron chi connectivity index (χ0n) is 46.7. The van der Waals surface area contributed by atoms with E-state index >= 15 is 0 Å². The van der Waals surface area contributed by atoms with Crippen LogP contribution in [0.2, 0.25) is 13.1 Å². The molecule has 6 aromatic carbocycles. The van der Waals surface area contributed by atoms with Crippen LogP contribution in [0.5, 0.6) is 0 Å². The van der Waals surface area contributed by atoms with Crippen LogP contribution in [-0.2, 0) is 0 Å². The first kappa shape index (κ1) is 12.3. The fraction of sp³-hybridized carbons (Fsp3) is 0.0488. The van der Waals surface area contributed by atoms with Crippen LogP contribution in [0.4, 0.5) is 0 Å². The van der Waals surface area contributed by atoms with Crippen molar-refractivity contribution >= 4 is 40.4 Å². The van der Waals surface area contributed by atoms with Crippen molar-refractivity contribution in [1.29, 1.82) is 0 Å². The summed E-state index contributed by atoms with van der Waals surface area (Å²) in [4.78, 5) is 13.5. The summed E-state index contributed by atoms with van der Waals surface area (Å²) in [7, 11) is -3.53. The van der Waals surface area contributed by atoms with Crippen LogP contribution in [0, 0.1) is 0 Å². The average Bonchev–Trinajstić information content (AvgIpc) is 3.82. The molecule has 0 N–H and O–H groups in total. The minimum absolute atomic E-state index is 0.00609. The van der Waals surface area contributed by atoms with Gasteiger partial charge >= 0.3 is 0 Å². The third-order valence-corrected chi connectivity index (χ3v) is 10.9. The van der Waals surface area contributed by atoms with Gasteiger partial charge in [0.2, 0.25) is 0 Å². The molecule has 8 aromatic rings. The molecule has 9 rings (SSSR count). The highest BCUT2D eigenvalue weighted by Gasteiger charge is 2.40. The lowest BCUT2D eigenvalue weighted by Gasteiger charge is -2.19. The topological polar surface area (TPSA) is 51.8 Å². The van der Waals surface area contributed by atoms with Gasteiger partial charge in [-0.05, 0) is 39.1 Å². The van der Waals surface area contributed by atoms with Gasteiger partial charge in [0.15, 0.2) is 17.5 Å². The van der Waals surface area contributed by atoms with E-state index in [1.807, 2.05) is 0 Å². The fourth-order valence-electron chi connectivity index (χ4n) is 5.56. The van der Waals surface area contributed by atoms with Gasteiger partial charge in [0.1, 0.15) is 19.2 Å². The predicted molar refractivity (Wildman–Crippen MR) is 191 cm³/mol. The number of rotatable bonds is 4. The Bertz CT molecular complexity index is 3670. The summed E-state index contributed by atoms with van der Waals surface area (Å²) in [6, 6.07) is -17.4. The summed E-state index contributed by atoms with van der Waals surface area (Å²) in [5.74, 6) is -2.16. The van der Waals surface area contributed by atoms with Crippen molar-refractivity contribution in [3.8, 4) is 56.4 Å². The zero-order chi connectivity index (χ0) is 50.8. The largest absolute Gasteiger partial charge is 0.455 e. The minimum Gasteiger partial charge on any atom is -0.455 e. The Balaban J connectivity index is 1.50. The lowest BCUT2D eigenvalue weighted by atomic mass is 9.98. The van der Waals surface area contributed by atoms with Crippen molar-refractivity contribution in [2.45, 2.75) is 13.1 Å². The molecule has 0 bridgehead atoms. The lowest BCUT2D eigenvalue weighted by Crippen LogP contribution is -2.49. The number of furan rings is 1. The summed E-state index contributed by atoms with van der Waals surface area (Å²) < 4.78 is 208. The molecule has 46 heavy (non-hydrogen) atoms. The average molecular weight is 631 g/mol. The monoisotopic (exact) mass is 630 g/mol. The normalized spacial score (nSPS) is 20.2. The van der Waals surface area contributed by atoms with E-state index in [4.69, 9.17) is 31.8 Å². The molecule has 1 aliphatic heterocycles. The first-order chi connectivity index (χ1) is 32.1. The Hall–Kier alpha value is -5.65. The molecule has 1 aliphatic rings. The molecule has 2 aromatic heterocycles. The van der Waals surface area contributed by atoms with Crippen molar-refractivity contribution < 1.29 is 35.9 Å². The number of aromatic nitrogens is 3. The molecule has 0 amide bonds. The van der Waals surface area contributed by atoms with E-state index in [2.05, 4.69) is 15.0 Å². The number of benzene rings is 6. The van der Waals surface area contributed by atoms with Crippen LogP contribution >= 0.6 is 0 Å². The lowest BCUT2D eigenvalue weighted by molar-refractivity contribution is 0.670. The van der Waals surface area contributed by atoms with E-state index < -0.39 is 198 Å². The summed E-state index contributed by atoms with van der Waals surface area (Å²) in [6.45, 7) is 3.39. The molecule has 0 saturated heterocycles. The standard InChI is InChI=1S/C41H29N3OSi/c1-46(2)34-20-12-10-18-31(34)37-35(46)25-32(36-30-17-9-11-19-33(30)45-38(36)37)41-43-39(28-15-7-4-8-16-28)42-40(44-41)29-23-21-27(22-24-29)26-13-5-3-6-14-26/h3-25H,1-2H3/i3D,4D,5D,6D,7D,8D,9D,10D,11D,12D,13D,14D,15D,16D,17D,18D,19D,20D,21D,22D,23D,24D,25D. The zero-order valence-corrected chi connectivity index (χ0v) is 24.7. The van der Waals surface area contributed by atoms with Crippen molar-refractivity contribution in [2.24, 2.45) is 0 Å². The molecule has 4 nitrogen and oxygen atoms in total. The summed E-state index contributed by atoms with van der Waals surface area (Å²) in [5, 5.41) is -0.352. The maximum absolute atomic E-state index is 10.1. The van der Waals surface area contributed by atoms with Crippen LogP contribution < -0.4 is 10.4 Å². The van der Waals surface area contributed by atoms with Crippen LogP contribution in [-0.4, -0.2) is 23.0 Å². The van der Waals surface area contributed by atoms with Crippen molar-refractivity contribution in [1.82, 2.24) is 15.0 Å². The second kappa shape index (κ2) is 10.2. The highest BCUT2D eigenvalue weighted by Crippen LogP contribution is 2.43. The second-order valence-electron chi connectivity index (χ2n) is 10.7. The van der Waals surface area contributed by atoms with Crippen molar-refractivity contribution in [3.63, 3.8) is 0 Å². The predicted octanol–water partition coefficient (Wildman–Crippen LogP) is 9.24. The van der Waals surface area contributed by atoms with Gasteiger partial charge in [0.05, 0.1) is 31.5 Å². The molecule has 0 aliphatic carbocycles. The van der Waals surface area contributed by atoms with Gasteiger partial charge in [0, 0.05) is 33.0 Å². The molecule has 0 saturated carbocycles. The molecule has 218 valence electrons. The Morgan fingerprint density at radius 3 is 1.80 bits per heavy atom. The third kappa shape index (κ3) is 4.09. The maximum atomic E-state index is 10.1. The minimum atomic E-state index is -3.53. The SMILES string of the molecule is [2H]c1c([2H])c([2H])c(-c2nc(-c3c([2H])c([2H])c(-c4c([2H])c([2H])c([2H])c([2H])c4[2H])c([2H])c3[2H])nc(-c3c([2H])c4c(c5oc6c([2H])c([2H])c([2H])c([2H])c6c35)-c3c([2H])c([2H])c([2H])c([2H])c3[Si]4(C)C)n2)c([2H])c1[2H]. The highest BCUT2D eigenvalue weighted by atomic mass is 28.3. The molecular formula is C41H29N3OSi. The summed E-state index contributed by atoms with van der Waals surface area (Å²) in [6.07, 6.45) is 0. The molecular weight excluding hydrogens is 579 g/mol. The van der Waals surface area contributed by atoms with Gasteiger partial charge in [-0.1, -0.05) is 140 Å². The Morgan fingerprint density at radius 1 is 0.522 bits per heavy atom. The first-order valence-electron chi connectivity index (χ1n) is 25.2. The number of nitrogens with zero attached hydrogens (tertiary/aromatic N) is 3. The van der Waals surface area contributed by atoms with Gasteiger partial charge in [0.25, 0.3) is 0 Å². The number of hydrogen-bond acceptors (Lipinski definition) is 4. The van der Waals surface area contributed by atoms with Gasteiger partial charge in [-0.25, -0.2) is 15.0 Å². The van der Waals surface area contributed by atoms with E-state index in [1.165, 1.54) is 0 Å². The van der Waals surface area contributed by atoms with E-state index in [0.717, 1.165) is 0 Å². The number of hydrogen-bond donors (Lipinski definition) is 0. The van der Waals surface area contributed by atoms with Gasteiger partial charge in [-0.15, -0.1) is 0 Å². The van der Waals surface area contributed by atoms with E-state index in [1.54, 1.807) is 13.1 Å². The molecule has 0 radical (unpaired) electrons. The van der Waals surface area contributed by atoms with Crippen LogP contribution in [0.25, 0.3) is 78.4 Å². The van der Waals surface area contributed by atoms with Crippen LogP contribution in [0.15, 0.2) is 143 Å². The Kier molecular flexibility index (Phi) is 2.72. The van der Waals surface area contributed by atoms with Crippen molar-refractivity contribution in [3.05, 3.63) is 139 Å². The third-order valence-electron chi connectivity index (χ3n) is 7.68. The number of fused-ring (bicyclic) bond motifs is 7. The Morgan fingerprint density at radius 2 is 1.07 bits per heavy atom. The molecule has 0 fully saturated rings. The molecule has 0 unspecified atom stereocenters. The highest BCUT2D eigenvalue weighted by molar-refractivity contribution is 7.04. The fourth-order valence-corrected chi connectivity index (χ4v) is 8.30. The van der Waals surface area contributed by atoms with E-state index in [9.17, 15) is 4.11 Å². The maximum Gasteiger partial charge on any atom is 0.164 e. The van der Waals surface area contributed by atoms with Gasteiger partial charge in [-0.3, -0.25) is 0 Å². The summed E-state index contributed by atoms with van der Waals surface area (Å²) >= 11 is 0. The van der Waals surface area contributed by atoms with Crippen LogP contribution in [0.3, 0.4) is 0 Å². The quantitative estimate of drug-likeness (QED) is 0.182. The van der Waals surface area contributed by atoms with Gasteiger partial charge in [-0.2, -0.15) is 0 Å². The van der Waals surface area contributed by atoms with E-state index in [0.29, 0.717) is 0 Å². The first-order valence-corrected chi connectivity index (χ1v) is 16.7. The molecule has 5 heteroatoms. The Labute approximate surface area is 300 Å². The second-order valence-corrected chi connectivity index (χ2v) is 14.9. The molecule has 0 atom stereocenters. The van der Waals surface area contributed by atoms with Crippen molar-refractivity contribution in [2.75, 3.05) is 0 Å². The molecule has 3 heterocycles. The molecule has 0 spiro atoms. The van der Waals surface area contributed by atoms with E-state index in [-0.39, 0.29) is 37.9 Å². The smallest absolute Gasteiger partial charge is 0.164 e.